The molecule has 0 amide bonds. The number of hydrogen-bond acceptors (Lipinski definition) is 2. The summed E-state index contributed by atoms with van der Waals surface area (Å²) in [6.45, 7) is 0. The fourth-order valence-corrected chi connectivity index (χ4v) is 2.41. The maximum Gasteiger partial charge on any atom is 0.418 e. The summed E-state index contributed by atoms with van der Waals surface area (Å²) in [5.41, 5.74) is 4.27. The molecule has 2 rings (SSSR count). The quantitative estimate of drug-likeness (QED) is 0.640. The van der Waals surface area contributed by atoms with Crippen molar-refractivity contribution in [3.8, 4) is 5.75 Å². The molecule has 1 aromatic rings. The van der Waals surface area contributed by atoms with Crippen molar-refractivity contribution in [3.63, 3.8) is 0 Å². The van der Waals surface area contributed by atoms with Crippen LogP contribution in [-0.4, -0.2) is 6.10 Å². The first-order valence-electron chi connectivity index (χ1n) is 6.60. The summed E-state index contributed by atoms with van der Waals surface area (Å²) in [7, 11) is 0. The monoisotopic (exact) mass is 273 g/mol. The number of nitrogen functional groups attached to an aromatic ring is 1. The zero-order valence-corrected chi connectivity index (χ0v) is 10.7. The van der Waals surface area contributed by atoms with Gasteiger partial charge >= 0.3 is 6.18 Å². The van der Waals surface area contributed by atoms with Gasteiger partial charge in [-0.05, 0) is 43.9 Å². The first-order valence-corrected chi connectivity index (χ1v) is 6.60. The average molecular weight is 273 g/mol. The smallest absolute Gasteiger partial charge is 0.418 e. The SMILES string of the molecule is Nc1ccc(OC2CCCCCC2)cc1C(F)(F)F. The second-order valence-electron chi connectivity index (χ2n) is 4.98. The average Bonchev–Trinajstić information content (AvgIpc) is 2.59. The van der Waals surface area contributed by atoms with Gasteiger partial charge in [0.25, 0.3) is 0 Å². The summed E-state index contributed by atoms with van der Waals surface area (Å²) in [5, 5.41) is 0. The number of hydrogen-bond donors (Lipinski definition) is 1. The molecule has 0 atom stereocenters. The highest BCUT2D eigenvalue weighted by molar-refractivity contribution is 5.52. The maximum absolute atomic E-state index is 12.7. The van der Waals surface area contributed by atoms with E-state index in [4.69, 9.17) is 10.5 Å². The molecule has 0 heterocycles. The third-order valence-electron chi connectivity index (χ3n) is 3.44. The Kier molecular flexibility index (Phi) is 4.22. The molecule has 0 unspecified atom stereocenters. The van der Waals surface area contributed by atoms with Crippen LogP contribution >= 0.6 is 0 Å². The van der Waals surface area contributed by atoms with Crippen LogP contribution in [0.2, 0.25) is 0 Å². The Labute approximate surface area is 110 Å². The molecule has 0 aromatic heterocycles. The number of rotatable bonds is 2. The molecule has 5 heteroatoms. The lowest BCUT2D eigenvalue weighted by molar-refractivity contribution is -0.137. The van der Waals surface area contributed by atoms with Crippen LogP contribution in [0.15, 0.2) is 18.2 Å². The second kappa shape index (κ2) is 5.72. The third kappa shape index (κ3) is 3.78. The van der Waals surface area contributed by atoms with Crippen LogP contribution in [0.25, 0.3) is 0 Å². The highest BCUT2D eigenvalue weighted by Gasteiger charge is 2.33. The summed E-state index contributed by atoms with van der Waals surface area (Å²) < 4.78 is 43.9. The van der Waals surface area contributed by atoms with Crippen LogP contribution in [0.3, 0.4) is 0 Å². The van der Waals surface area contributed by atoms with Crippen molar-refractivity contribution < 1.29 is 17.9 Å². The lowest BCUT2D eigenvalue weighted by Crippen LogP contribution is -2.16. The topological polar surface area (TPSA) is 35.2 Å². The fourth-order valence-electron chi connectivity index (χ4n) is 2.41. The summed E-state index contributed by atoms with van der Waals surface area (Å²) in [4.78, 5) is 0. The molecule has 0 saturated heterocycles. The minimum Gasteiger partial charge on any atom is -0.490 e. The van der Waals surface area contributed by atoms with Crippen molar-refractivity contribution in [3.05, 3.63) is 23.8 Å². The Morgan fingerprint density at radius 3 is 2.26 bits per heavy atom. The van der Waals surface area contributed by atoms with E-state index in [-0.39, 0.29) is 17.5 Å². The van der Waals surface area contributed by atoms with Gasteiger partial charge in [-0.25, -0.2) is 0 Å². The predicted molar refractivity (Wildman–Crippen MR) is 68.0 cm³/mol. The minimum atomic E-state index is -4.44. The number of anilines is 1. The van der Waals surface area contributed by atoms with E-state index in [1.165, 1.54) is 25.0 Å². The Morgan fingerprint density at radius 1 is 1.05 bits per heavy atom. The van der Waals surface area contributed by atoms with Gasteiger partial charge in [0.1, 0.15) is 5.75 Å². The largest absolute Gasteiger partial charge is 0.490 e. The molecule has 0 radical (unpaired) electrons. The van der Waals surface area contributed by atoms with E-state index < -0.39 is 11.7 Å². The lowest BCUT2D eigenvalue weighted by atomic mass is 10.1. The van der Waals surface area contributed by atoms with Crippen molar-refractivity contribution in [2.45, 2.75) is 50.8 Å². The molecule has 1 aliphatic rings. The number of alkyl halides is 3. The molecule has 1 fully saturated rings. The Balaban J connectivity index is 2.12. The Bertz CT molecular complexity index is 423. The normalized spacial score (nSPS) is 18.1. The van der Waals surface area contributed by atoms with Crippen LogP contribution in [0, 0.1) is 0 Å². The number of nitrogens with two attached hydrogens (primary N) is 1. The summed E-state index contributed by atoms with van der Waals surface area (Å²) >= 11 is 0. The molecule has 0 bridgehead atoms. The van der Waals surface area contributed by atoms with Gasteiger partial charge in [0.2, 0.25) is 0 Å². The Morgan fingerprint density at radius 2 is 1.68 bits per heavy atom. The van der Waals surface area contributed by atoms with E-state index in [0.717, 1.165) is 31.7 Å². The molecule has 2 N–H and O–H groups in total. The van der Waals surface area contributed by atoms with E-state index in [2.05, 4.69) is 0 Å². The van der Waals surface area contributed by atoms with Crippen LogP contribution in [0.1, 0.15) is 44.1 Å². The second-order valence-corrected chi connectivity index (χ2v) is 4.98. The Hall–Kier alpha value is -1.39. The van der Waals surface area contributed by atoms with Crippen LogP contribution in [0.4, 0.5) is 18.9 Å². The van der Waals surface area contributed by atoms with Gasteiger partial charge in [-0.15, -0.1) is 0 Å². The van der Waals surface area contributed by atoms with E-state index in [0.29, 0.717) is 0 Å². The van der Waals surface area contributed by atoms with Crippen LogP contribution < -0.4 is 10.5 Å². The molecule has 1 aromatic carbocycles. The molecule has 1 saturated carbocycles. The number of benzene rings is 1. The molecule has 0 aliphatic heterocycles. The van der Waals surface area contributed by atoms with Gasteiger partial charge in [-0.3, -0.25) is 0 Å². The van der Waals surface area contributed by atoms with Gasteiger partial charge in [-0.2, -0.15) is 13.2 Å². The first-order chi connectivity index (χ1) is 8.97. The summed E-state index contributed by atoms with van der Waals surface area (Å²) in [6.07, 6.45) is 1.90. The van der Waals surface area contributed by atoms with E-state index in [9.17, 15) is 13.2 Å². The van der Waals surface area contributed by atoms with Gasteiger partial charge < -0.3 is 10.5 Å². The van der Waals surface area contributed by atoms with Crippen molar-refractivity contribution in [1.82, 2.24) is 0 Å². The molecule has 2 nitrogen and oxygen atoms in total. The predicted octanol–water partition coefficient (Wildman–Crippen LogP) is 4.39. The zero-order chi connectivity index (χ0) is 13.9. The molecular formula is C14H18F3NO. The van der Waals surface area contributed by atoms with E-state index >= 15 is 0 Å². The zero-order valence-electron chi connectivity index (χ0n) is 10.7. The summed E-state index contributed by atoms with van der Waals surface area (Å²) in [6, 6.07) is 3.77. The van der Waals surface area contributed by atoms with E-state index in [1.807, 2.05) is 0 Å². The third-order valence-corrected chi connectivity index (χ3v) is 3.44. The molecule has 106 valence electrons. The van der Waals surface area contributed by atoms with Crippen LogP contribution in [-0.2, 0) is 6.18 Å². The maximum atomic E-state index is 12.7. The van der Waals surface area contributed by atoms with Gasteiger partial charge in [-0.1, -0.05) is 12.8 Å². The van der Waals surface area contributed by atoms with Crippen molar-refractivity contribution in [2.24, 2.45) is 0 Å². The van der Waals surface area contributed by atoms with Crippen molar-refractivity contribution in [1.29, 1.82) is 0 Å². The molecule has 19 heavy (non-hydrogen) atoms. The summed E-state index contributed by atoms with van der Waals surface area (Å²) in [5.74, 6) is 0.258. The first kappa shape index (κ1) is 14.0. The fraction of sp³-hybridized carbons (Fsp3) is 0.571. The van der Waals surface area contributed by atoms with Crippen LogP contribution in [0.5, 0.6) is 5.75 Å². The molecular weight excluding hydrogens is 255 g/mol. The molecule has 0 spiro atoms. The molecule has 1 aliphatic carbocycles. The van der Waals surface area contributed by atoms with Gasteiger partial charge in [0, 0.05) is 5.69 Å². The number of ether oxygens (including phenoxy) is 1. The lowest BCUT2D eigenvalue weighted by Gasteiger charge is -2.18. The van der Waals surface area contributed by atoms with E-state index in [1.54, 1.807) is 0 Å². The highest BCUT2D eigenvalue weighted by Crippen LogP contribution is 2.36. The number of halogens is 3. The van der Waals surface area contributed by atoms with Gasteiger partial charge in [0.15, 0.2) is 0 Å². The minimum absolute atomic E-state index is 0.0206. The van der Waals surface area contributed by atoms with Gasteiger partial charge in [0.05, 0.1) is 11.7 Å². The highest BCUT2D eigenvalue weighted by atomic mass is 19.4. The standard InChI is InChI=1S/C14H18F3NO/c15-14(16,17)12-9-11(7-8-13(12)18)19-10-5-3-1-2-4-6-10/h7-10H,1-6,18H2. The van der Waals surface area contributed by atoms with Crippen molar-refractivity contribution >= 4 is 5.69 Å². The van der Waals surface area contributed by atoms with Crippen molar-refractivity contribution in [2.75, 3.05) is 5.73 Å².